The number of hydrogen-bond donors (Lipinski definition) is 2. The predicted octanol–water partition coefficient (Wildman–Crippen LogP) is -0.0774. The molecule has 0 radical (unpaired) electrons. The van der Waals surface area contributed by atoms with Crippen LogP contribution in [-0.2, 0) is 0 Å². The van der Waals surface area contributed by atoms with E-state index in [0.717, 1.165) is 0 Å². The molecule has 0 aliphatic rings. The number of nitrogens with zero attached hydrogens (tertiary/aromatic N) is 1. The molecule has 0 atom stereocenters. The summed E-state index contributed by atoms with van der Waals surface area (Å²) in [6, 6.07) is 1.56. The van der Waals surface area contributed by atoms with E-state index in [1.807, 2.05) is 0 Å². The minimum atomic E-state index is -1.56. The molecule has 1 aromatic rings. The average molecular weight is 246 g/mol. The highest BCUT2D eigenvalue weighted by Crippen LogP contribution is 2.10. The van der Waals surface area contributed by atoms with E-state index in [4.69, 9.17) is 14.8 Å². The summed E-state index contributed by atoms with van der Waals surface area (Å²) in [7, 11) is -1.56. The molecule has 0 bridgehead atoms. The van der Waals surface area contributed by atoms with Gasteiger partial charge in [-0.05, 0) is 28.9 Å². The molecule has 0 saturated carbocycles. The topological polar surface area (TPSA) is 62.6 Å². The van der Waals surface area contributed by atoms with E-state index < -0.39 is 7.12 Å². The third-order valence-electron chi connectivity index (χ3n) is 1.40. The van der Waals surface area contributed by atoms with E-state index in [-0.39, 0.29) is 11.3 Å². The molecule has 0 aliphatic carbocycles. The molecule has 0 fully saturated rings. The van der Waals surface area contributed by atoms with Crippen molar-refractivity contribution in [1.82, 2.24) is 4.98 Å². The number of ether oxygens (including phenoxy) is 1. The second kappa shape index (κ2) is 4.60. The van der Waals surface area contributed by atoms with Crippen molar-refractivity contribution in [2.75, 3.05) is 6.61 Å². The lowest BCUT2D eigenvalue weighted by Crippen LogP contribution is -2.32. The van der Waals surface area contributed by atoms with Crippen LogP contribution in [0.25, 0.3) is 0 Å². The van der Waals surface area contributed by atoms with Gasteiger partial charge in [-0.1, -0.05) is 0 Å². The van der Waals surface area contributed by atoms with Crippen LogP contribution < -0.4 is 10.2 Å². The van der Waals surface area contributed by atoms with Gasteiger partial charge in [-0.2, -0.15) is 0 Å². The minimum Gasteiger partial charge on any atom is -0.478 e. The highest BCUT2D eigenvalue weighted by atomic mass is 79.9. The van der Waals surface area contributed by atoms with Crippen LogP contribution in [0.1, 0.15) is 6.92 Å². The highest BCUT2D eigenvalue weighted by Gasteiger charge is 2.18. The summed E-state index contributed by atoms with van der Waals surface area (Å²) < 4.78 is 5.78. The first kappa shape index (κ1) is 10.5. The largest absolute Gasteiger partial charge is 0.494 e. The van der Waals surface area contributed by atoms with Crippen LogP contribution in [0.15, 0.2) is 16.7 Å². The molecule has 0 spiro atoms. The van der Waals surface area contributed by atoms with E-state index in [9.17, 15) is 0 Å². The minimum absolute atomic E-state index is 0.251. The van der Waals surface area contributed by atoms with Crippen molar-refractivity contribution in [3.63, 3.8) is 0 Å². The third kappa shape index (κ3) is 2.68. The fourth-order valence-corrected chi connectivity index (χ4v) is 1.23. The van der Waals surface area contributed by atoms with Crippen molar-refractivity contribution in [1.29, 1.82) is 0 Å². The smallest absolute Gasteiger partial charge is 0.478 e. The lowest BCUT2D eigenvalue weighted by Gasteiger charge is -2.07. The second-order valence-corrected chi connectivity index (χ2v) is 3.27. The van der Waals surface area contributed by atoms with Gasteiger partial charge in [0.1, 0.15) is 0 Å². The normalized spacial score (nSPS) is 9.85. The van der Waals surface area contributed by atoms with E-state index in [1.54, 1.807) is 13.0 Å². The van der Waals surface area contributed by atoms with Crippen LogP contribution in [0, 0.1) is 0 Å². The Bertz CT molecular complexity index is 295. The number of pyridine rings is 1. The zero-order valence-electron chi connectivity index (χ0n) is 7.07. The summed E-state index contributed by atoms with van der Waals surface area (Å²) in [6.07, 6.45) is 1.54. The van der Waals surface area contributed by atoms with Gasteiger partial charge in [0, 0.05) is 16.1 Å². The summed E-state index contributed by atoms with van der Waals surface area (Å²) in [5.74, 6) is 0.251. The Labute approximate surface area is 84.8 Å². The second-order valence-electron chi connectivity index (χ2n) is 2.35. The van der Waals surface area contributed by atoms with Crippen LogP contribution in [0.5, 0.6) is 5.88 Å². The molecule has 1 rings (SSSR count). The number of hydrogen-bond acceptors (Lipinski definition) is 4. The van der Waals surface area contributed by atoms with E-state index in [1.165, 1.54) is 6.20 Å². The summed E-state index contributed by atoms with van der Waals surface area (Å²) >= 11 is 3.18. The quantitative estimate of drug-likeness (QED) is 0.732. The molecule has 0 saturated heterocycles. The molecule has 6 heteroatoms. The lowest BCUT2D eigenvalue weighted by atomic mass is 9.81. The Kier molecular flexibility index (Phi) is 3.71. The molecule has 0 unspecified atom stereocenters. The van der Waals surface area contributed by atoms with Crippen LogP contribution in [0.2, 0.25) is 0 Å². The number of halogens is 1. The molecule has 0 aliphatic heterocycles. The highest BCUT2D eigenvalue weighted by molar-refractivity contribution is 9.10. The van der Waals surface area contributed by atoms with Gasteiger partial charge < -0.3 is 14.8 Å². The van der Waals surface area contributed by atoms with Crippen LogP contribution in [-0.4, -0.2) is 28.8 Å². The summed E-state index contributed by atoms with van der Waals surface area (Å²) in [5, 5.41) is 17.9. The molecule has 0 aromatic carbocycles. The van der Waals surface area contributed by atoms with Gasteiger partial charge in [-0.3, -0.25) is 0 Å². The first-order valence-electron chi connectivity index (χ1n) is 3.79. The molecule has 0 amide bonds. The monoisotopic (exact) mass is 245 g/mol. The van der Waals surface area contributed by atoms with Gasteiger partial charge in [-0.15, -0.1) is 0 Å². The Balaban J connectivity index is 3.03. The molecular weight excluding hydrogens is 237 g/mol. The Morgan fingerprint density at radius 1 is 1.62 bits per heavy atom. The number of aromatic nitrogens is 1. The van der Waals surface area contributed by atoms with Crippen LogP contribution in [0.3, 0.4) is 0 Å². The predicted molar refractivity (Wildman–Crippen MR) is 52.9 cm³/mol. The molecule has 4 nitrogen and oxygen atoms in total. The van der Waals surface area contributed by atoms with Crippen LogP contribution >= 0.6 is 15.9 Å². The summed E-state index contributed by atoms with van der Waals surface area (Å²) in [4.78, 5) is 3.90. The van der Waals surface area contributed by atoms with Gasteiger partial charge in [0.15, 0.2) is 0 Å². The van der Waals surface area contributed by atoms with Gasteiger partial charge in [0.2, 0.25) is 5.88 Å². The van der Waals surface area contributed by atoms with Crippen molar-refractivity contribution in [3.05, 3.63) is 16.7 Å². The van der Waals surface area contributed by atoms with Crippen molar-refractivity contribution >= 4 is 28.5 Å². The molecule has 2 N–H and O–H groups in total. The first-order chi connectivity index (χ1) is 6.15. The SMILES string of the molecule is CCOc1ncc(Br)cc1B(O)O. The van der Waals surface area contributed by atoms with E-state index in [0.29, 0.717) is 11.1 Å². The Hall–Kier alpha value is -0.585. The van der Waals surface area contributed by atoms with E-state index >= 15 is 0 Å². The van der Waals surface area contributed by atoms with Gasteiger partial charge in [0.25, 0.3) is 0 Å². The Morgan fingerprint density at radius 2 is 2.31 bits per heavy atom. The van der Waals surface area contributed by atoms with Crippen molar-refractivity contribution < 1.29 is 14.8 Å². The van der Waals surface area contributed by atoms with Crippen molar-refractivity contribution in [2.24, 2.45) is 0 Å². The lowest BCUT2D eigenvalue weighted by molar-refractivity contribution is 0.327. The van der Waals surface area contributed by atoms with Gasteiger partial charge in [0.05, 0.1) is 6.61 Å². The fourth-order valence-electron chi connectivity index (χ4n) is 0.885. The zero-order valence-corrected chi connectivity index (χ0v) is 8.65. The molecule has 1 aromatic heterocycles. The maximum atomic E-state index is 8.97. The van der Waals surface area contributed by atoms with Crippen LogP contribution in [0.4, 0.5) is 0 Å². The van der Waals surface area contributed by atoms with Gasteiger partial charge >= 0.3 is 7.12 Å². The third-order valence-corrected chi connectivity index (χ3v) is 1.84. The first-order valence-corrected chi connectivity index (χ1v) is 4.58. The Morgan fingerprint density at radius 3 is 2.85 bits per heavy atom. The summed E-state index contributed by atoms with van der Waals surface area (Å²) in [5.41, 5.74) is 0.260. The maximum Gasteiger partial charge on any atom is 0.494 e. The van der Waals surface area contributed by atoms with E-state index in [2.05, 4.69) is 20.9 Å². The molecule has 70 valence electrons. The molecular formula is C7H9BBrNO3. The van der Waals surface area contributed by atoms with Gasteiger partial charge in [-0.25, -0.2) is 4.98 Å². The number of rotatable bonds is 3. The van der Waals surface area contributed by atoms with Crippen molar-refractivity contribution in [2.45, 2.75) is 6.92 Å². The standard InChI is InChI=1S/C7H9BBrNO3/c1-2-13-7-6(8(11)12)3-5(9)4-10-7/h3-4,11-12H,2H2,1H3. The molecule has 1 heterocycles. The van der Waals surface area contributed by atoms with Crippen molar-refractivity contribution in [3.8, 4) is 5.88 Å². The molecule has 13 heavy (non-hydrogen) atoms. The maximum absolute atomic E-state index is 8.97. The summed E-state index contributed by atoms with van der Waals surface area (Å²) in [6.45, 7) is 2.24. The zero-order chi connectivity index (χ0) is 9.84. The average Bonchev–Trinajstić information content (AvgIpc) is 2.08. The fraction of sp³-hybridized carbons (Fsp3) is 0.286.